The maximum Gasteiger partial charge on any atom is 0.246 e. The van der Waals surface area contributed by atoms with E-state index in [-0.39, 0.29) is 11.9 Å². The largest absolute Gasteiger partial charge is 0.374 e. The van der Waals surface area contributed by atoms with Gasteiger partial charge in [-0.2, -0.15) is 0 Å². The van der Waals surface area contributed by atoms with Crippen molar-refractivity contribution in [3.63, 3.8) is 0 Å². The average Bonchev–Trinajstić information content (AvgIpc) is 2.59. The van der Waals surface area contributed by atoms with Gasteiger partial charge in [-0.25, -0.2) is 0 Å². The third-order valence-corrected chi connectivity index (χ3v) is 3.69. The SMILES string of the molecule is O=C1Nc2ccccc2CCC1Nc1cccc(Cl)c1. The standard InChI is InChI=1S/C16H15ClN2O/c17-12-5-3-6-13(10-12)18-15-9-8-11-4-1-2-7-14(11)19-16(15)20/h1-7,10,15,18H,8-9H2,(H,19,20). The monoisotopic (exact) mass is 286 g/mol. The van der Waals surface area contributed by atoms with Crippen LogP contribution >= 0.6 is 11.6 Å². The highest BCUT2D eigenvalue weighted by atomic mass is 35.5. The zero-order valence-electron chi connectivity index (χ0n) is 10.9. The van der Waals surface area contributed by atoms with Crippen LogP contribution in [0.25, 0.3) is 0 Å². The Labute approximate surface area is 123 Å². The summed E-state index contributed by atoms with van der Waals surface area (Å²) in [6.07, 6.45) is 1.63. The highest BCUT2D eigenvalue weighted by Gasteiger charge is 2.23. The van der Waals surface area contributed by atoms with Crippen molar-refractivity contribution >= 4 is 28.9 Å². The zero-order chi connectivity index (χ0) is 13.9. The van der Waals surface area contributed by atoms with Crippen LogP contribution in [0.2, 0.25) is 5.02 Å². The van der Waals surface area contributed by atoms with Crippen molar-refractivity contribution in [2.75, 3.05) is 10.6 Å². The lowest BCUT2D eigenvalue weighted by Crippen LogP contribution is -2.33. The van der Waals surface area contributed by atoms with Gasteiger partial charge in [-0.3, -0.25) is 4.79 Å². The molecule has 0 bridgehead atoms. The molecule has 0 radical (unpaired) electrons. The van der Waals surface area contributed by atoms with Gasteiger partial charge in [0.15, 0.2) is 0 Å². The lowest BCUT2D eigenvalue weighted by atomic mass is 10.1. The van der Waals surface area contributed by atoms with Crippen molar-refractivity contribution in [2.45, 2.75) is 18.9 Å². The molecule has 1 atom stereocenters. The van der Waals surface area contributed by atoms with E-state index in [1.807, 2.05) is 42.5 Å². The summed E-state index contributed by atoms with van der Waals surface area (Å²) in [6.45, 7) is 0. The number of benzene rings is 2. The summed E-state index contributed by atoms with van der Waals surface area (Å²) in [5.74, 6) is -0.00470. The molecular formula is C16H15ClN2O. The zero-order valence-corrected chi connectivity index (χ0v) is 11.7. The Morgan fingerprint density at radius 1 is 1.15 bits per heavy atom. The first-order chi connectivity index (χ1) is 9.72. The first-order valence-electron chi connectivity index (χ1n) is 6.63. The van der Waals surface area contributed by atoms with E-state index in [0.29, 0.717) is 5.02 Å². The summed E-state index contributed by atoms with van der Waals surface area (Å²) < 4.78 is 0. The van der Waals surface area contributed by atoms with Gasteiger partial charge in [0.05, 0.1) is 0 Å². The molecule has 3 nitrogen and oxygen atoms in total. The molecule has 2 aromatic carbocycles. The first-order valence-corrected chi connectivity index (χ1v) is 7.01. The van der Waals surface area contributed by atoms with Crippen molar-refractivity contribution in [1.29, 1.82) is 0 Å². The van der Waals surface area contributed by atoms with E-state index in [1.54, 1.807) is 0 Å². The van der Waals surface area contributed by atoms with Gasteiger partial charge in [0.2, 0.25) is 5.91 Å². The van der Waals surface area contributed by atoms with Crippen LogP contribution in [0.4, 0.5) is 11.4 Å². The van der Waals surface area contributed by atoms with Crippen LogP contribution in [0.3, 0.4) is 0 Å². The molecule has 0 aliphatic carbocycles. The van der Waals surface area contributed by atoms with E-state index >= 15 is 0 Å². The van der Waals surface area contributed by atoms with Gasteiger partial charge in [0.1, 0.15) is 6.04 Å². The molecule has 0 saturated heterocycles. The first kappa shape index (κ1) is 13.0. The quantitative estimate of drug-likeness (QED) is 0.884. The molecule has 3 rings (SSSR count). The lowest BCUT2D eigenvalue weighted by molar-refractivity contribution is -0.116. The number of rotatable bonds is 2. The van der Waals surface area contributed by atoms with Crippen LogP contribution in [0.5, 0.6) is 0 Å². The Morgan fingerprint density at radius 2 is 2.00 bits per heavy atom. The Balaban J connectivity index is 1.78. The molecule has 2 N–H and O–H groups in total. The highest BCUT2D eigenvalue weighted by Crippen LogP contribution is 2.24. The highest BCUT2D eigenvalue weighted by molar-refractivity contribution is 6.30. The van der Waals surface area contributed by atoms with Crippen LogP contribution in [0, 0.1) is 0 Å². The second-order valence-corrected chi connectivity index (χ2v) is 5.33. The summed E-state index contributed by atoms with van der Waals surface area (Å²) in [6, 6.07) is 15.1. The smallest absolute Gasteiger partial charge is 0.246 e. The summed E-state index contributed by atoms with van der Waals surface area (Å²) in [7, 11) is 0. The van der Waals surface area contributed by atoms with E-state index in [4.69, 9.17) is 11.6 Å². The second kappa shape index (κ2) is 5.55. The number of carbonyl (C=O) groups excluding carboxylic acids is 1. The fraction of sp³-hybridized carbons (Fsp3) is 0.188. The summed E-state index contributed by atoms with van der Waals surface area (Å²) in [4.78, 5) is 12.3. The molecule has 0 fully saturated rings. The van der Waals surface area contributed by atoms with E-state index < -0.39 is 0 Å². The maximum atomic E-state index is 12.3. The topological polar surface area (TPSA) is 41.1 Å². The molecule has 1 unspecified atom stereocenters. The Bertz CT molecular complexity index is 642. The van der Waals surface area contributed by atoms with Crippen LogP contribution in [0.15, 0.2) is 48.5 Å². The lowest BCUT2D eigenvalue weighted by Gasteiger charge is -2.16. The molecule has 102 valence electrons. The van der Waals surface area contributed by atoms with E-state index in [1.165, 1.54) is 5.56 Å². The van der Waals surface area contributed by atoms with Crippen molar-refractivity contribution in [3.8, 4) is 0 Å². The van der Waals surface area contributed by atoms with Gasteiger partial charge in [0.25, 0.3) is 0 Å². The molecule has 0 saturated carbocycles. The van der Waals surface area contributed by atoms with Crippen LogP contribution < -0.4 is 10.6 Å². The molecule has 0 aromatic heterocycles. The second-order valence-electron chi connectivity index (χ2n) is 4.89. The van der Waals surface area contributed by atoms with Crippen molar-refractivity contribution in [2.24, 2.45) is 0 Å². The number of amides is 1. The summed E-state index contributed by atoms with van der Waals surface area (Å²) >= 11 is 5.96. The average molecular weight is 287 g/mol. The van der Waals surface area contributed by atoms with Crippen LogP contribution in [0.1, 0.15) is 12.0 Å². The van der Waals surface area contributed by atoms with E-state index in [0.717, 1.165) is 24.2 Å². The minimum atomic E-state index is -0.249. The fourth-order valence-corrected chi connectivity index (χ4v) is 2.62. The molecule has 4 heteroatoms. The molecule has 1 aliphatic heterocycles. The van der Waals surface area contributed by atoms with Gasteiger partial charge >= 0.3 is 0 Å². The molecule has 0 spiro atoms. The minimum Gasteiger partial charge on any atom is -0.374 e. The number of hydrogen-bond donors (Lipinski definition) is 2. The number of anilines is 2. The predicted molar refractivity (Wildman–Crippen MR) is 82.3 cm³/mol. The normalized spacial score (nSPS) is 17.9. The van der Waals surface area contributed by atoms with E-state index in [2.05, 4.69) is 16.7 Å². The van der Waals surface area contributed by atoms with Gasteiger partial charge < -0.3 is 10.6 Å². The van der Waals surface area contributed by atoms with Crippen LogP contribution in [-0.2, 0) is 11.2 Å². The number of nitrogens with one attached hydrogen (secondary N) is 2. The minimum absolute atomic E-state index is 0.00470. The van der Waals surface area contributed by atoms with Gasteiger partial charge in [0, 0.05) is 16.4 Å². The predicted octanol–water partition coefficient (Wildman–Crippen LogP) is 3.71. The Kier molecular flexibility index (Phi) is 3.61. The number of halogens is 1. The molecule has 20 heavy (non-hydrogen) atoms. The maximum absolute atomic E-state index is 12.3. The van der Waals surface area contributed by atoms with E-state index in [9.17, 15) is 4.79 Å². The molecule has 1 heterocycles. The van der Waals surface area contributed by atoms with Gasteiger partial charge in [-0.05, 0) is 42.7 Å². The third-order valence-electron chi connectivity index (χ3n) is 3.46. The summed E-state index contributed by atoms with van der Waals surface area (Å²) in [5.41, 5.74) is 2.95. The number of fused-ring (bicyclic) bond motifs is 1. The number of para-hydroxylation sites is 1. The Hall–Kier alpha value is -2.00. The fourth-order valence-electron chi connectivity index (χ4n) is 2.43. The molecule has 1 amide bonds. The van der Waals surface area contributed by atoms with Crippen molar-refractivity contribution in [1.82, 2.24) is 0 Å². The molecular weight excluding hydrogens is 272 g/mol. The summed E-state index contributed by atoms with van der Waals surface area (Å²) in [5, 5.41) is 6.88. The van der Waals surface area contributed by atoms with Gasteiger partial charge in [-0.15, -0.1) is 0 Å². The molecule has 1 aliphatic rings. The number of aryl methyl sites for hydroxylation is 1. The molecule has 2 aromatic rings. The van der Waals surface area contributed by atoms with Crippen molar-refractivity contribution < 1.29 is 4.79 Å². The van der Waals surface area contributed by atoms with Crippen molar-refractivity contribution in [3.05, 3.63) is 59.1 Å². The third kappa shape index (κ3) is 2.78. The number of hydrogen-bond acceptors (Lipinski definition) is 2. The van der Waals surface area contributed by atoms with Gasteiger partial charge in [-0.1, -0.05) is 35.9 Å². The Morgan fingerprint density at radius 3 is 2.85 bits per heavy atom. The van der Waals surface area contributed by atoms with Crippen LogP contribution in [-0.4, -0.2) is 11.9 Å². The number of carbonyl (C=O) groups is 1.